The fourth-order valence-corrected chi connectivity index (χ4v) is 1.96. The number of carbonyl (C=O) groups excluding carboxylic acids is 1. The van der Waals surface area contributed by atoms with Gasteiger partial charge in [0.05, 0.1) is 19.9 Å². The molecule has 0 saturated carbocycles. The third-order valence-corrected chi connectivity index (χ3v) is 2.95. The molecule has 0 aliphatic carbocycles. The van der Waals surface area contributed by atoms with Gasteiger partial charge in [-0.25, -0.2) is 0 Å². The average Bonchev–Trinajstić information content (AvgIpc) is 3.18. The number of methoxy groups -OCH3 is 1. The molecule has 0 fully saturated rings. The van der Waals surface area contributed by atoms with Gasteiger partial charge in [0.15, 0.2) is 5.76 Å². The second-order valence-electron chi connectivity index (χ2n) is 4.31. The normalized spacial score (nSPS) is 10.5. The van der Waals surface area contributed by atoms with Crippen molar-refractivity contribution < 1.29 is 13.9 Å². The Bertz CT molecular complexity index is 749. The highest BCUT2D eigenvalue weighted by Crippen LogP contribution is 2.20. The first-order valence-corrected chi connectivity index (χ1v) is 6.24. The van der Waals surface area contributed by atoms with Crippen LogP contribution in [0.2, 0.25) is 0 Å². The van der Waals surface area contributed by atoms with Crippen LogP contribution in [0.25, 0.3) is 11.6 Å². The molecule has 3 rings (SSSR count). The van der Waals surface area contributed by atoms with Crippen molar-refractivity contribution in [2.24, 2.45) is 0 Å². The Morgan fingerprint density at radius 3 is 3.00 bits per heavy atom. The summed E-state index contributed by atoms with van der Waals surface area (Å²) in [5.74, 6) is 1.62. The summed E-state index contributed by atoms with van der Waals surface area (Å²) in [6.07, 6.45) is 2.33. The molecule has 3 aromatic rings. The van der Waals surface area contributed by atoms with Crippen LogP contribution in [-0.4, -0.2) is 33.6 Å². The van der Waals surface area contributed by atoms with E-state index in [9.17, 15) is 4.79 Å². The molecular weight excluding hydrogens is 272 g/mol. The van der Waals surface area contributed by atoms with Crippen LogP contribution >= 0.6 is 0 Å². The number of carbonyl (C=O) groups is 1. The lowest BCUT2D eigenvalue weighted by Gasteiger charge is -2.07. The number of hydrogen-bond donors (Lipinski definition) is 0. The van der Waals surface area contributed by atoms with Crippen molar-refractivity contribution in [3.05, 3.63) is 47.7 Å². The van der Waals surface area contributed by atoms with Crippen LogP contribution in [0, 0.1) is 0 Å². The van der Waals surface area contributed by atoms with E-state index in [0.717, 1.165) is 11.8 Å². The van der Waals surface area contributed by atoms with Crippen LogP contribution < -0.4 is 4.74 Å². The first-order valence-electron chi connectivity index (χ1n) is 6.24. The molecule has 0 amide bonds. The second-order valence-corrected chi connectivity index (χ2v) is 4.31. The molecule has 1 aromatic carbocycles. The van der Waals surface area contributed by atoms with E-state index in [2.05, 4.69) is 15.4 Å². The van der Waals surface area contributed by atoms with Crippen LogP contribution in [0.3, 0.4) is 0 Å². The Morgan fingerprint density at radius 2 is 2.29 bits per heavy atom. The Balaban J connectivity index is 1.88. The summed E-state index contributed by atoms with van der Waals surface area (Å²) in [5, 5.41) is 12.1. The van der Waals surface area contributed by atoms with Gasteiger partial charge in [-0.05, 0) is 35.5 Å². The van der Waals surface area contributed by atoms with Gasteiger partial charge in [0.2, 0.25) is 5.82 Å². The maximum absolute atomic E-state index is 10.9. The number of furan rings is 1. The van der Waals surface area contributed by atoms with Gasteiger partial charge in [-0.1, -0.05) is 0 Å². The lowest BCUT2D eigenvalue weighted by Crippen LogP contribution is -2.06. The average molecular weight is 284 g/mol. The van der Waals surface area contributed by atoms with Gasteiger partial charge >= 0.3 is 0 Å². The van der Waals surface area contributed by atoms with Crippen molar-refractivity contribution >= 4 is 6.29 Å². The molecule has 2 heterocycles. The number of benzene rings is 1. The summed E-state index contributed by atoms with van der Waals surface area (Å²) in [5.41, 5.74) is 1.36. The van der Waals surface area contributed by atoms with Crippen molar-refractivity contribution in [3.8, 4) is 17.3 Å². The predicted octanol–water partition coefficient (Wildman–Crippen LogP) is 1.80. The number of rotatable bonds is 5. The van der Waals surface area contributed by atoms with Crippen LogP contribution in [-0.2, 0) is 6.54 Å². The van der Waals surface area contributed by atoms with E-state index < -0.39 is 0 Å². The zero-order chi connectivity index (χ0) is 14.7. The first kappa shape index (κ1) is 13.0. The molecule has 106 valence electrons. The standard InChI is InChI=1S/C14H12N4O3/c1-20-12-5-4-10(9-19)7-11(12)8-18-16-14(15-17-18)13-3-2-6-21-13/h2-7,9H,8H2,1H3. The third-order valence-electron chi connectivity index (χ3n) is 2.95. The fraction of sp³-hybridized carbons (Fsp3) is 0.143. The Hall–Kier alpha value is -2.96. The smallest absolute Gasteiger partial charge is 0.240 e. The van der Waals surface area contributed by atoms with Gasteiger partial charge in [0.25, 0.3) is 0 Å². The quantitative estimate of drug-likeness (QED) is 0.664. The number of aldehydes is 1. The second kappa shape index (κ2) is 5.58. The number of hydrogen-bond acceptors (Lipinski definition) is 6. The zero-order valence-corrected chi connectivity index (χ0v) is 11.3. The molecule has 7 heteroatoms. The van der Waals surface area contributed by atoms with Gasteiger partial charge in [-0.3, -0.25) is 4.79 Å². The number of aromatic nitrogens is 4. The topological polar surface area (TPSA) is 83.0 Å². The van der Waals surface area contributed by atoms with Crippen molar-refractivity contribution in [2.75, 3.05) is 7.11 Å². The Morgan fingerprint density at radius 1 is 1.38 bits per heavy atom. The van der Waals surface area contributed by atoms with E-state index in [0.29, 0.717) is 29.4 Å². The minimum absolute atomic E-state index is 0.346. The SMILES string of the molecule is COc1ccc(C=O)cc1Cn1nnc(-c2ccco2)n1. The molecule has 0 unspecified atom stereocenters. The molecule has 0 radical (unpaired) electrons. The first-order chi connectivity index (χ1) is 10.3. The van der Waals surface area contributed by atoms with Gasteiger partial charge in [0.1, 0.15) is 12.0 Å². The molecule has 0 atom stereocenters. The Kier molecular flexibility index (Phi) is 3.46. The minimum Gasteiger partial charge on any atom is -0.496 e. The zero-order valence-electron chi connectivity index (χ0n) is 11.3. The van der Waals surface area contributed by atoms with E-state index in [1.165, 1.54) is 4.80 Å². The molecule has 0 aliphatic rings. The summed E-state index contributed by atoms with van der Waals surface area (Å²) in [6.45, 7) is 0.346. The van der Waals surface area contributed by atoms with Crippen molar-refractivity contribution in [1.82, 2.24) is 20.2 Å². The van der Waals surface area contributed by atoms with Crippen molar-refractivity contribution in [1.29, 1.82) is 0 Å². The lowest BCUT2D eigenvalue weighted by molar-refractivity contribution is 0.112. The van der Waals surface area contributed by atoms with Gasteiger partial charge in [-0.2, -0.15) is 4.80 Å². The van der Waals surface area contributed by atoms with Crippen LogP contribution in [0.4, 0.5) is 0 Å². The van der Waals surface area contributed by atoms with E-state index in [-0.39, 0.29) is 0 Å². The molecule has 0 spiro atoms. The van der Waals surface area contributed by atoms with Gasteiger partial charge in [0, 0.05) is 11.1 Å². The van der Waals surface area contributed by atoms with E-state index in [1.807, 2.05) is 0 Å². The molecule has 2 aromatic heterocycles. The molecule has 0 N–H and O–H groups in total. The van der Waals surface area contributed by atoms with E-state index >= 15 is 0 Å². The molecule has 21 heavy (non-hydrogen) atoms. The minimum atomic E-state index is 0.346. The maximum Gasteiger partial charge on any atom is 0.240 e. The highest BCUT2D eigenvalue weighted by atomic mass is 16.5. The summed E-state index contributed by atoms with van der Waals surface area (Å²) in [6, 6.07) is 8.69. The van der Waals surface area contributed by atoms with Crippen molar-refractivity contribution in [3.63, 3.8) is 0 Å². The Labute approximate surface area is 120 Å². The van der Waals surface area contributed by atoms with E-state index in [1.54, 1.807) is 43.7 Å². The summed E-state index contributed by atoms with van der Waals surface area (Å²) >= 11 is 0. The molecule has 0 saturated heterocycles. The van der Waals surface area contributed by atoms with E-state index in [4.69, 9.17) is 9.15 Å². The van der Waals surface area contributed by atoms with Gasteiger partial charge < -0.3 is 9.15 Å². The van der Waals surface area contributed by atoms with Gasteiger partial charge in [-0.15, -0.1) is 10.2 Å². The highest BCUT2D eigenvalue weighted by molar-refractivity contribution is 5.75. The predicted molar refractivity (Wildman–Crippen MR) is 73.0 cm³/mol. The largest absolute Gasteiger partial charge is 0.496 e. The molecule has 0 bridgehead atoms. The fourth-order valence-electron chi connectivity index (χ4n) is 1.96. The molecule has 0 aliphatic heterocycles. The maximum atomic E-state index is 10.9. The lowest BCUT2D eigenvalue weighted by atomic mass is 10.1. The number of nitrogens with zero attached hydrogens (tertiary/aromatic N) is 4. The van der Waals surface area contributed by atoms with Crippen LogP contribution in [0.15, 0.2) is 41.0 Å². The van der Waals surface area contributed by atoms with Crippen LogP contribution in [0.1, 0.15) is 15.9 Å². The summed E-state index contributed by atoms with van der Waals surface area (Å²) < 4.78 is 10.5. The van der Waals surface area contributed by atoms with Crippen molar-refractivity contribution in [2.45, 2.75) is 6.54 Å². The number of tetrazole rings is 1. The third kappa shape index (κ3) is 2.66. The summed E-state index contributed by atoms with van der Waals surface area (Å²) in [7, 11) is 1.57. The highest BCUT2D eigenvalue weighted by Gasteiger charge is 2.11. The monoisotopic (exact) mass is 284 g/mol. The van der Waals surface area contributed by atoms with Crippen LogP contribution in [0.5, 0.6) is 5.75 Å². The molecular formula is C14H12N4O3. The summed E-state index contributed by atoms with van der Waals surface area (Å²) in [4.78, 5) is 12.3. The number of ether oxygens (including phenoxy) is 1. The molecule has 7 nitrogen and oxygen atoms in total.